The standard InChI is InChI=1S/C55H106O6/c1-5-7-9-11-13-15-17-18-19-20-21-22-27-30-34-38-42-46-53(56)59-49-52(61-55(58)48-44-40-36-32-25-16-14-12-10-8-6-2)50-60-54(57)47-43-39-35-31-28-24-23-26-29-33-37-41-45-51(3)4/h51-52H,5-50H2,1-4H3/t52-/m1/s1. The van der Waals surface area contributed by atoms with Crippen LogP contribution in [0.5, 0.6) is 0 Å². The van der Waals surface area contributed by atoms with Gasteiger partial charge in [0.1, 0.15) is 13.2 Å². The van der Waals surface area contributed by atoms with Crippen molar-refractivity contribution in [2.24, 2.45) is 5.92 Å². The Labute approximate surface area is 380 Å². The highest BCUT2D eigenvalue weighted by molar-refractivity contribution is 5.71. The summed E-state index contributed by atoms with van der Waals surface area (Å²) in [7, 11) is 0. The summed E-state index contributed by atoms with van der Waals surface area (Å²) < 4.78 is 16.8. The number of esters is 3. The van der Waals surface area contributed by atoms with E-state index in [9.17, 15) is 14.4 Å². The SMILES string of the molecule is CCCCCCCCCCCCCCCCCCCC(=O)OC[C@H](COC(=O)CCCCCCCCCCCCCCC(C)C)OC(=O)CCCCCCCCCCCCC. The Balaban J connectivity index is 4.26. The van der Waals surface area contributed by atoms with Crippen LogP contribution in [0.2, 0.25) is 0 Å². The predicted octanol–water partition coefficient (Wildman–Crippen LogP) is 17.8. The molecule has 0 saturated carbocycles. The van der Waals surface area contributed by atoms with Crippen molar-refractivity contribution in [1.29, 1.82) is 0 Å². The van der Waals surface area contributed by atoms with Crippen molar-refractivity contribution >= 4 is 17.9 Å². The molecule has 0 aliphatic heterocycles. The van der Waals surface area contributed by atoms with E-state index < -0.39 is 6.10 Å². The van der Waals surface area contributed by atoms with E-state index >= 15 is 0 Å². The van der Waals surface area contributed by atoms with Crippen LogP contribution < -0.4 is 0 Å². The molecule has 0 aliphatic carbocycles. The van der Waals surface area contributed by atoms with E-state index in [1.54, 1.807) is 0 Å². The summed E-state index contributed by atoms with van der Waals surface area (Å²) in [5.41, 5.74) is 0. The Morgan fingerprint density at radius 2 is 0.541 bits per heavy atom. The van der Waals surface area contributed by atoms with E-state index in [0.29, 0.717) is 19.3 Å². The van der Waals surface area contributed by atoms with Crippen molar-refractivity contribution < 1.29 is 28.6 Å². The maximum Gasteiger partial charge on any atom is 0.306 e. The quantitative estimate of drug-likeness (QED) is 0.0344. The molecule has 0 aromatic rings. The smallest absolute Gasteiger partial charge is 0.306 e. The molecule has 0 aliphatic rings. The summed E-state index contributed by atoms with van der Waals surface area (Å²) >= 11 is 0. The fourth-order valence-corrected chi connectivity index (χ4v) is 8.39. The summed E-state index contributed by atoms with van der Waals surface area (Å²) in [6, 6.07) is 0. The third kappa shape index (κ3) is 49.3. The Bertz CT molecular complexity index is 918. The number of hydrogen-bond acceptors (Lipinski definition) is 6. The molecule has 0 rings (SSSR count). The second-order valence-corrected chi connectivity index (χ2v) is 19.3. The third-order valence-corrected chi connectivity index (χ3v) is 12.5. The number of ether oxygens (including phenoxy) is 3. The van der Waals surface area contributed by atoms with Crippen LogP contribution in [0.3, 0.4) is 0 Å². The molecule has 0 fully saturated rings. The van der Waals surface area contributed by atoms with Gasteiger partial charge in [0.15, 0.2) is 6.10 Å². The minimum atomic E-state index is -0.760. The molecule has 6 heteroatoms. The number of carbonyl (C=O) groups is 3. The monoisotopic (exact) mass is 863 g/mol. The lowest BCUT2D eigenvalue weighted by Gasteiger charge is -2.18. The van der Waals surface area contributed by atoms with Crippen LogP contribution in [-0.2, 0) is 28.6 Å². The van der Waals surface area contributed by atoms with E-state index in [-0.39, 0.29) is 31.1 Å². The van der Waals surface area contributed by atoms with Gasteiger partial charge in [0, 0.05) is 19.3 Å². The number of carbonyl (C=O) groups excluding carboxylic acids is 3. The van der Waals surface area contributed by atoms with Gasteiger partial charge in [0.2, 0.25) is 0 Å². The van der Waals surface area contributed by atoms with Crippen LogP contribution >= 0.6 is 0 Å². The van der Waals surface area contributed by atoms with Gasteiger partial charge in [0.05, 0.1) is 0 Å². The van der Waals surface area contributed by atoms with Gasteiger partial charge in [-0.25, -0.2) is 0 Å². The fourth-order valence-electron chi connectivity index (χ4n) is 8.39. The lowest BCUT2D eigenvalue weighted by molar-refractivity contribution is -0.167. The molecule has 362 valence electrons. The average Bonchev–Trinajstić information content (AvgIpc) is 3.24. The number of hydrogen-bond donors (Lipinski definition) is 0. The van der Waals surface area contributed by atoms with Gasteiger partial charge < -0.3 is 14.2 Å². The summed E-state index contributed by atoms with van der Waals surface area (Å²) in [6.45, 7) is 9.04. The highest BCUT2D eigenvalue weighted by Gasteiger charge is 2.19. The average molecular weight is 863 g/mol. The summed E-state index contributed by atoms with van der Waals surface area (Å²) in [4.78, 5) is 38.0. The third-order valence-electron chi connectivity index (χ3n) is 12.5. The van der Waals surface area contributed by atoms with Crippen molar-refractivity contribution in [2.75, 3.05) is 13.2 Å². The zero-order chi connectivity index (χ0) is 44.5. The summed E-state index contributed by atoms with van der Waals surface area (Å²) in [5.74, 6) is -0.00689. The van der Waals surface area contributed by atoms with E-state index in [1.165, 1.54) is 205 Å². The lowest BCUT2D eigenvalue weighted by atomic mass is 10.0. The van der Waals surface area contributed by atoms with Gasteiger partial charge in [-0.05, 0) is 25.2 Å². The van der Waals surface area contributed by atoms with Crippen molar-refractivity contribution in [3.05, 3.63) is 0 Å². The van der Waals surface area contributed by atoms with Crippen LogP contribution in [0.1, 0.15) is 310 Å². The van der Waals surface area contributed by atoms with Gasteiger partial charge in [0.25, 0.3) is 0 Å². The first-order valence-electron chi connectivity index (χ1n) is 27.4. The zero-order valence-corrected chi connectivity index (χ0v) is 41.6. The van der Waals surface area contributed by atoms with Gasteiger partial charge in [-0.15, -0.1) is 0 Å². The second-order valence-electron chi connectivity index (χ2n) is 19.3. The molecule has 6 nitrogen and oxygen atoms in total. The van der Waals surface area contributed by atoms with Gasteiger partial charge >= 0.3 is 17.9 Å². The summed E-state index contributed by atoms with van der Waals surface area (Å²) in [5, 5.41) is 0. The lowest BCUT2D eigenvalue weighted by Crippen LogP contribution is -2.30. The van der Waals surface area contributed by atoms with Crippen molar-refractivity contribution in [2.45, 2.75) is 316 Å². The molecule has 0 aromatic carbocycles. The minimum absolute atomic E-state index is 0.0623. The van der Waals surface area contributed by atoms with E-state index in [2.05, 4.69) is 27.7 Å². The van der Waals surface area contributed by atoms with Crippen LogP contribution in [-0.4, -0.2) is 37.2 Å². The summed E-state index contributed by atoms with van der Waals surface area (Å²) in [6.07, 6.45) is 52.3. The van der Waals surface area contributed by atoms with Crippen molar-refractivity contribution in [1.82, 2.24) is 0 Å². The molecule has 0 radical (unpaired) electrons. The van der Waals surface area contributed by atoms with Crippen LogP contribution in [0.15, 0.2) is 0 Å². The molecule has 1 atom stereocenters. The molecule has 0 bridgehead atoms. The number of rotatable bonds is 50. The molecule has 0 aromatic heterocycles. The molecular weight excluding hydrogens is 757 g/mol. The van der Waals surface area contributed by atoms with Gasteiger partial charge in [-0.1, -0.05) is 272 Å². The van der Waals surface area contributed by atoms with Crippen LogP contribution in [0.25, 0.3) is 0 Å². The topological polar surface area (TPSA) is 78.9 Å². The highest BCUT2D eigenvalue weighted by Crippen LogP contribution is 2.17. The van der Waals surface area contributed by atoms with Gasteiger partial charge in [-0.3, -0.25) is 14.4 Å². The maximum absolute atomic E-state index is 12.8. The van der Waals surface area contributed by atoms with Crippen LogP contribution in [0.4, 0.5) is 0 Å². The first-order chi connectivity index (χ1) is 29.9. The first kappa shape index (κ1) is 59.4. The Morgan fingerprint density at radius 3 is 0.803 bits per heavy atom. The van der Waals surface area contributed by atoms with Gasteiger partial charge in [-0.2, -0.15) is 0 Å². The molecule has 0 amide bonds. The number of unbranched alkanes of at least 4 members (excludes halogenated alkanes) is 37. The van der Waals surface area contributed by atoms with Crippen molar-refractivity contribution in [3.8, 4) is 0 Å². The fraction of sp³-hybridized carbons (Fsp3) is 0.945. The molecular formula is C55H106O6. The Morgan fingerprint density at radius 1 is 0.311 bits per heavy atom. The zero-order valence-electron chi connectivity index (χ0n) is 41.6. The maximum atomic E-state index is 12.8. The molecule has 61 heavy (non-hydrogen) atoms. The molecule has 0 saturated heterocycles. The second kappa shape index (κ2) is 49.4. The molecule has 0 N–H and O–H groups in total. The molecule has 0 spiro atoms. The highest BCUT2D eigenvalue weighted by atomic mass is 16.6. The predicted molar refractivity (Wildman–Crippen MR) is 261 cm³/mol. The molecule has 0 heterocycles. The van der Waals surface area contributed by atoms with E-state index in [4.69, 9.17) is 14.2 Å². The van der Waals surface area contributed by atoms with E-state index in [1.807, 2.05) is 0 Å². The largest absolute Gasteiger partial charge is 0.462 e. The minimum Gasteiger partial charge on any atom is -0.462 e. The normalized spacial score (nSPS) is 12.0. The van der Waals surface area contributed by atoms with Crippen molar-refractivity contribution in [3.63, 3.8) is 0 Å². The van der Waals surface area contributed by atoms with Crippen LogP contribution in [0, 0.1) is 5.92 Å². The first-order valence-corrected chi connectivity index (χ1v) is 27.4. The van der Waals surface area contributed by atoms with E-state index in [0.717, 1.165) is 63.7 Å². The molecule has 0 unspecified atom stereocenters. The Hall–Kier alpha value is -1.59. The Kier molecular flexibility index (Phi) is 48.1.